The first kappa shape index (κ1) is 13.6. The van der Waals surface area contributed by atoms with Gasteiger partial charge in [0.25, 0.3) is 5.91 Å². The van der Waals surface area contributed by atoms with Crippen molar-refractivity contribution < 1.29 is 13.6 Å². The van der Waals surface area contributed by atoms with Gasteiger partial charge in [-0.15, -0.1) is 0 Å². The standard InChI is InChI=1S/C13H9BrF2N2O/c1-7-2-8(6-17-5-7)13(19)18-12-10(15)3-9(14)4-11(12)16/h2-6H,1H3,(H,18,19). The maximum atomic E-state index is 13.6. The van der Waals surface area contributed by atoms with Crippen molar-refractivity contribution in [3.05, 3.63) is 57.8 Å². The molecule has 6 heteroatoms. The summed E-state index contributed by atoms with van der Waals surface area (Å²) in [5.41, 5.74) is 0.542. The molecule has 0 aliphatic carbocycles. The second-order valence-corrected chi connectivity index (χ2v) is 4.87. The van der Waals surface area contributed by atoms with Crippen LogP contribution in [-0.4, -0.2) is 10.9 Å². The van der Waals surface area contributed by atoms with Gasteiger partial charge >= 0.3 is 0 Å². The first-order valence-electron chi connectivity index (χ1n) is 5.35. The molecule has 0 bridgehead atoms. The Morgan fingerprint density at radius 2 is 1.84 bits per heavy atom. The zero-order valence-electron chi connectivity index (χ0n) is 9.88. The minimum atomic E-state index is -0.846. The number of benzene rings is 1. The molecule has 98 valence electrons. The van der Waals surface area contributed by atoms with Gasteiger partial charge in [0.2, 0.25) is 0 Å². The minimum Gasteiger partial charge on any atom is -0.317 e. The highest BCUT2D eigenvalue weighted by atomic mass is 79.9. The summed E-state index contributed by atoms with van der Waals surface area (Å²) in [6.45, 7) is 1.77. The Kier molecular flexibility index (Phi) is 3.90. The van der Waals surface area contributed by atoms with Gasteiger partial charge in [-0.1, -0.05) is 15.9 Å². The van der Waals surface area contributed by atoms with Crippen molar-refractivity contribution in [2.45, 2.75) is 6.92 Å². The SMILES string of the molecule is Cc1cncc(C(=O)Nc2c(F)cc(Br)cc2F)c1. The third-order valence-corrected chi connectivity index (χ3v) is 2.84. The highest BCUT2D eigenvalue weighted by Crippen LogP contribution is 2.24. The smallest absolute Gasteiger partial charge is 0.257 e. The van der Waals surface area contributed by atoms with Gasteiger partial charge in [0.15, 0.2) is 11.6 Å². The summed E-state index contributed by atoms with van der Waals surface area (Å²) in [6, 6.07) is 3.73. The Morgan fingerprint density at radius 3 is 2.42 bits per heavy atom. The lowest BCUT2D eigenvalue weighted by atomic mass is 10.2. The molecule has 2 rings (SSSR count). The number of nitrogens with zero attached hydrogens (tertiary/aromatic N) is 1. The molecule has 0 atom stereocenters. The summed E-state index contributed by atoms with van der Waals surface area (Å²) in [7, 11) is 0. The Balaban J connectivity index is 2.29. The van der Waals surface area contributed by atoms with Gasteiger partial charge in [-0.3, -0.25) is 9.78 Å². The molecule has 0 aliphatic heterocycles. The first-order valence-corrected chi connectivity index (χ1v) is 6.14. The number of carbonyl (C=O) groups is 1. The second kappa shape index (κ2) is 5.44. The molecule has 19 heavy (non-hydrogen) atoms. The van der Waals surface area contributed by atoms with E-state index in [0.717, 1.165) is 17.7 Å². The molecule has 2 aromatic rings. The lowest BCUT2D eigenvalue weighted by Crippen LogP contribution is -2.14. The van der Waals surface area contributed by atoms with Crippen LogP contribution in [0.4, 0.5) is 14.5 Å². The molecular weight excluding hydrogens is 318 g/mol. The van der Waals surface area contributed by atoms with Gasteiger partial charge in [0.1, 0.15) is 5.69 Å². The lowest BCUT2D eigenvalue weighted by molar-refractivity contribution is 0.102. The van der Waals surface area contributed by atoms with E-state index in [1.807, 2.05) is 0 Å². The van der Waals surface area contributed by atoms with Crippen LogP contribution in [0.25, 0.3) is 0 Å². The van der Waals surface area contributed by atoms with E-state index in [4.69, 9.17) is 0 Å². The number of hydrogen-bond donors (Lipinski definition) is 1. The summed E-state index contributed by atoms with van der Waals surface area (Å²) in [5, 5.41) is 2.20. The van der Waals surface area contributed by atoms with E-state index in [0.29, 0.717) is 0 Å². The van der Waals surface area contributed by atoms with Crippen molar-refractivity contribution in [2.24, 2.45) is 0 Å². The number of pyridine rings is 1. The highest BCUT2D eigenvalue weighted by Gasteiger charge is 2.15. The van der Waals surface area contributed by atoms with Crippen molar-refractivity contribution >= 4 is 27.5 Å². The predicted molar refractivity (Wildman–Crippen MR) is 71.0 cm³/mol. The maximum absolute atomic E-state index is 13.6. The number of aryl methyl sites for hydroxylation is 1. The van der Waals surface area contributed by atoms with E-state index in [2.05, 4.69) is 26.2 Å². The van der Waals surface area contributed by atoms with Crippen molar-refractivity contribution in [1.82, 2.24) is 4.98 Å². The molecule has 3 nitrogen and oxygen atoms in total. The number of aromatic nitrogens is 1. The van der Waals surface area contributed by atoms with Crippen LogP contribution in [0.3, 0.4) is 0 Å². The van der Waals surface area contributed by atoms with E-state index >= 15 is 0 Å². The highest BCUT2D eigenvalue weighted by molar-refractivity contribution is 9.10. The minimum absolute atomic E-state index is 0.238. The average molecular weight is 327 g/mol. The van der Waals surface area contributed by atoms with Crippen LogP contribution < -0.4 is 5.32 Å². The third kappa shape index (κ3) is 3.14. The van der Waals surface area contributed by atoms with E-state index < -0.39 is 23.2 Å². The number of halogens is 3. The van der Waals surface area contributed by atoms with Crippen LogP contribution in [0.1, 0.15) is 15.9 Å². The molecule has 1 heterocycles. The Bertz CT molecular complexity index is 623. The zero-order chi connectivity index (χ0) is 14.0. The van der Waals surface area contributed by atoms with Crippen LogP contribution >= 0.6 is 15.9 Å². The molecule has 0 saturated carbocycles. The van der Waals surface area contributed by atoms with Crippen LogP contribution in [-0.2, 0) is 0 Å². The van der Waals surface area contributed by atoms with E-state index in [9.17, 15) is 13.6 Å². The molecule has 1 aromatic carbocycles. The fourth-order valence-electron chi connectivity index (χ4n) is 1.53. The second-order valence-electron chi connectivity index (χ2n) is 3.95. The molecule has 0 fully saturated rings. The van der Waals surface area contributed by atoms with E-state index in [1.165, 1.54) is 6.20 Å². The fourth-order valence-corrected chi connectivity index (χ4v) is 1.93. The maximum Gasteiger partial charge on any atom is 0.257 e. The van der Waals surface area contributed by atoms with Crippen molar-refractivity contribution in [3.63, 3.8) is 0 Å². The van der Waals surface area contributed by atoms with Crippen LogP contribution in [0.2, 0.25) is 0 Å². The van der Waals surface area contributed by atoms with Gasteiger partial charge in [-0.25, -0.2) is 8.78 Å². The average Bonchev–Trinajstić information content (AvgIpc) is 2.33. The van der Waals surface area contributed by atoms with Crippen LogP contribution in [0.5, 0.6) is 0 Å². The number of rotatable bonds is 2. The molecule has 1 amide bonds. The quantitative estimate of drug-likeness (QED) is 0.914. The number of amides is 1. The molecule has 1 aromatic heterocycles. The van der Waals surface area contributed by atoms with E-state index in [-0.39, 0.29) is 10.0 Å². The third-order valence-electron chi connectivity index (χ3n) is 2.38. The topological polar surface area (TPSA) is 42.0 Å². The number of hydrogen-bond acceptors (Lipinski definition) is 2. The fraction of sp³-hybridized carbons (Fsp3) is 0.0769. The number of nitrogens with one attached hydrogen (secondary N) is 1. The van der Waals surface area contributed by atoms with E-state index in [1.54, 1.807) is 19.2 Å². The number of anilines is 1. The van der Waals surface area contributed by atoms with Gasteiger partial charge in [-0.05, 0) is 30.7 Å². The monoisotopic (exact) mass is 326 g/mol. The van der Waals surface area contributed by atoms with Gasteiger partial charge in [0.05, 0.1) is 5.56 Å². The number of carbonyl (C=O) groups excluding carboxylic acids is 1. The summed E-state index contributed by atoms with van der Waals surface area (Å²) in [5.74, 6) is -2.31. The molecule has 0 spiro atoms. The molecular formula is C13H9BrF2N2O. The van der Waals surface area contributed by atoms with Gasteiger partial charge in [-0.2, -0.15) is 0 Å². The molecule has 0 saturated heterocycles. The molecule has 0 radical (unpaired) electrons. The first-order chi connectivity index (χ1) is 8.97. The molecule has 0 aliphatic rings. The van der Waals surface area contributed by atoms with Crippen LogP contribution in [0.15, 0.2) is 35.1 Å². The van der Waals surface area contributed by atoms with Gasteiger partial charge < -0.3 is 5.32 Å². The lowest BCUT2D eigenvalue weighted by Gasteiger charge is -2.08. The largest absolute Gasteiger partial charge is 0.317 e. The van der Waals surface area contributed by atoms with Crippen molar-refractivity contribution in [3.8, 4) is 0 Å². The van der Waals surface area contributed by atoms with Crippen molar-refractivity contribution in [1.29, 1.82) is 0 Å². The Labute approximate surface area is 116 Å². The Hall–Kier alpha value is -1.82. The summed E-state index contributed by atoms with van der Waals surface area (Å²) < 4.78 is 27.4. The van der Waals surface area contributed by atoms with Gasteiger partial charge in [0, 0.05) is 16.9 Å². The zero-order valence-corrected chi connectivity index (χ0v) is 11.5. The van der Waals surface area contributed by atoms with Crippen molar-refractivity contribution in [2.75, 3.05) is 5.32 Å². The normalized spacial score (nSPS) is 10.3. The Morgan fingerprint density at radius 1 is 1.21 bits per heavy atom. The molecule has 0 unspecified atom stereocenters. The predicted octanol–water partition coefficient (Wildman–Crippen LogP) is 3.68. The summed E-state index contributed by atoms with van der Waals surface area (Å²) in [6.07, 6.45) is 2.91. The van der Waals surface area contributed by atoms with Crippen LogP contribution in [0, 0.1) is 18.6 Å². The summed E-state index contributed by atoms with van der Waals surface area (Å²) in [4.78, 5) is 15.7. The summed E-state index contributed by atoms with van der Waals surface area (Å²) >= 11 is 2.97. The molecule has 1 N–H and O–H groups in total.